The second-order valence-corrected chi connectivity index (χ2v) is 7.88. The highest BCUT2D eigenvalue weighted by atomic mass is 19.1. The maximum atomic E-state index is 14.6. The second-order valence-electron chi connectivity index (χ2n) is 7.88. The van der Waals surface area contributed by atoms with Gasteiger partial charge in [0.2, 0.25) is 0 Å². The summed E-state index contributed by atoms with van der Waals surface area (Å²) in [6.07, 6.45) is 3.06. The van der Waals surface area contributed by atoms with E-state index in [1.807, 2.05) is 27.7 Å². The van der Waals surface area contributed by atoms with Gasteiger partial charge in [-0.1, -0.05) is 6.07 Å². The maximum absolute atomic E-state index is 14.6. The fourth-order valence-corrected chi connectivity index (χ4v) is 2.98. The number of halogens is 1. The van der Waals surface area contributed by atoms with E-state index in [4.69, 9.17) is 9.31 Å². The van der Waals surface area contributed by atoms with Gasteiger partial charge < -0.3 is 14.6 Å². The van der Waals surface area contributed by atoms with Gasteiger partial charge in [-0.3, -0.25) is 4.79 Å². The molecular weight excluding hydrogens is 308 g/mol. The summed E-state index contributed by atoms with van der Waals surface area (Å²) < 4.78 is 26.5. The van der Waals surface area contributed by atoms with Crippen LogP contribution in [0.3, 0.4) is 0 Å². The van der Waals surface area contributed by atoms with E-state index in [1.165, 1.54) is 6.07 Å². The molecule has 3 rings (SSSR count). The third kappa shape index (κ3) is 2.97. The molecule has 1 aromatic rings. The molecular formula is C18H25BFNO3. The van der Waals surface area contributed by atoms with Crippen LogP contribution in [0.5, 0.6) is 0 Å². The van der Waals surface area contributed by atoms with Crippen molar-refractivity contribution < 1.29 is 18.5 Å². The number of nitrogens with one attached hydrogen (secondary N) is 1. The minimum Gasteiger partial charge on any atom is -0.399 e. The number of aryl methyl sites for hydroxylation is 1. The van der Waals surface area contributed by atoms with E-state index in [1.54, 1.807) is 13.0 Å². The molecule has 1 aliphatic heterocycles. The Morgan fingerprint density at radius 2 is 1.79 bits per heavy atom. The van der Waals surface area contributed by atoms with Gasteiger partial charge >= 0.3 is 7.12 Å². The van der Waals surface area contributed by atoms with E-state index in [9.17, 15) is 9.18 Å². The minimum absolute atomic E-state index is 0.113. The van der Waals surface area contributed by atoms with Gasteiger partial charge in [-0.05, 0) is 71.0 Å². The molecule has 1 aromatic carbocycles. The molecule has 0 unspecified atom stereocenters. The van der Waals surface area contributed by atoms with Gasteiger partial charge in [0.15, 0.2) is 0 Å². The maximum Gasteiger partial charge on any atom is 0.494 e. The van der Waals surface area contributed by atoms with Crippen LogP contribution < -0.4 is 10.8 Å². The lowest BCUT2D eigenvalue weighted by atomic mass is 9.77. The van der Waals surface area contributed by atoms with Crippen molar-refractivity contribution in [2.45, 2.75) is 71.1 Å². The van der Waals surface area contributed by atoms with Crippen LogP contribution in [-0.4, -0.2) is 30.3 Å². The summed E-state index contributed by atoms with van der Waals surface area (Å²) >= 11 is 0. The van der Waals surface area contributed by atoms with E-state index >= 15 is 0 Å². The molecule has 1 aliphatic carbocycles. The average molecular weight is 333 g/mol. The fraction of sp³-hybridized carbons (Fsp3) is 0.611. The third-order valence-corrected chi connectivity index (χ3v) is 5.50. The standard InChI is InChI=1S/C18H25BFNO3/c1-11-9-12(19-23-17(2,3)18(4,5)24-19)10-14(20)15(11)16(22)21-13-7-6-8-13/h9-10,13H,6-8H2,1-5H3,(H,21,22). The SMILES string of the molecule is Cc1cc(B2OC(C)(C)C(C)(C)O2)cc(F)c1C(=O)NC1CCC1. The van der Waals surface area contributed by atoms with Gasteiger partial charge in [-0.2, -0.15) is 0 Å². The lowest BCUT2D eigenvalue weighted by molar-refractivity contribution is 0.00578. The summed E-state index contributed by atoms with van der Waals surface area (Å²) in [6, 6.07) is 3.31. The number of hydrogen-bond acceptors (Lipinski definition) is 3. The van der Waals surface area contributed by atoms with E-state index in [0.29, 0.717) is 11.0 Å². The number of carbonyl (C=O) groups is 1. The van der Waals surface area contributed by atoms with Crippen LogP contribution in [0.2, 0.25) is 0 Å². The molecule has 1 heterocycles. The highest BCUT2D eigenvalue weighted by Crippen LogP contribution is 2.36. The van der Waals surface area contributed by atoms with Gasteiger partial charge in [0, 0.05) is 6.04 Å². The molecule has 2 aliphatic rings. The summed E-state index contributed by atoms with van der Waals surface area (Å²) in [6.45, 7) is 9.56. The van der Waals surface area contributed by atoms with E-state index in [-0.39, 0.29) is 17.5 Å². The highest BCUT2D eigenvalue weighted by Gasteiger charge is 2.51. The number of rotatable bonds is 3. The summed E-state index contributed by atoms with van der Waals surface area (Å²) in [7, 11) is -0.632. The third-order valence-electron chi connectivity index (χ3n) is 5.50. The van der Waals surface area contributed by atoms with Crippen LogP contribution >= 0.6 is 0 Å². The predicted molar refractivity (Wildman–Crippen MR) is 92.0 cm³/mol. The Bertz CT molecular complexity index is 631. The second kappa shape index (κ2) is 5.85. The Balaban J connectivity index is 1.84. The molecule has 1 N–H and O–H groups in total. The molecule has 4 nitrogen and oxygen atoms in total. The molecule has 0 atom stereocenters. The monoisotopic (exact) mass is 333 g/mol. The zero-order valence-electron chi connectivity index (χ0n) is 15.0. The molecule has 1 amide bonds. The zero-order chi connectivity index (χ0) is 17.7. The summed E-state index contributed by atoms with van der Waals surface area (Å²) in [5.41, 5.74) is 0.340. The van der Waals surface area contributed by atoms with Gasteiger partial charge in [0.05, 0.1) is 16.8 Å². The van der Waals surface area contributed by atoms with E-state index in [0.717, 1.165) is 19.3 Å². The molecule has 1 saturated carbocycles. The van der Waals surface area contributed by atoms with Crippen molar-refractivity contribution in [3.05, 3.63) is 29.1 Å². The normalized spacial score (nSPS) is 22.3. The van der Waals surface area contributed by atoms with Crippen LogP contribution in [-0.2, 0) is 9.31 Å². The van der Waals surface area contributed by atoms with Crippen molar-refractivity contribution in [2.75, 3.05) is 0 Å². The van der Waals surface area contributed by atoms with Gasteiger partial charge in [0.25, 0.3) is 5.91 Å². The Morgan fingerprint density at radius 3 is 2.25 bits per heavy atom. The molecule has 2 fully saturated rings. The Labute approximate surface area is 143 Å². The predicted octanol–water partition coefficient (Wildman–Crippen LogP) is 2.72. The Hall–Kier alpha value is -1.40. The van der Waals surface area contributed by atoms with Crippen molar-refractivity contribution >= 4 is 18.5 Å². The Morgan fingerprint density at radius 1 is 1.21 bits per heavy atom. The largest absolute Gasteiger partial charge is 0.494 e. The van der Waals surface area contributed by atoms with Gasteiger partial charge in [-0.25, -0.2) is 4.39 Å². The van der Waals surface area contributed by atoms with Crippen molar-refractivity contribution in [1.82, 2.24) is 5.32 Å². The molecule has 1 saturated heterocycles. The first kappa shape index (κ1) is 17.4. The molecule has 130 valence electrons. The number of amides is 1. The van der Waals surface area contributed by atoms with Crippen LogP contribution in [0.15, 0.2) is 12.1 Å². The minimum atomic E-state index is -0.632. The van der Waals surface area contributed by atoms with Crippen molar-refractivity contribution in [1.29, 1.82) is 0 Å². The highest BCUT2D eigenvalue weighted by molar-refractivity contribution is 6.62. The smallest absolute Gasteiger partial charge is 0.399 e. The van der Waals surface area contributed by atoms with Crippen molar-refractivity contribution in [2.24, 2.45) is 0 Å². The first-order valence-corrected chi connectivity index (χ1v) is 8.57. The van der Waals surface area contributed by atoms with E-state index in [2.05, 4.69) is 5.32 Å². The van der Waals surface area contributed by atoms with Crippen LogP contribution in [0, 0.1) is 12.7 Å². The number of benzene rings is 1. The van der Waals surface area contributed by atoms with Gasteiger partial charge in [0.1, 0.15) is 5.82 Å². The molecule has 24 heavy (non-hydrogen) atoms. The lowest BCUT2D eigenvalue weighted by Gasteiger charge is -2.32. The van der Waals surface area contributed by atoms with Gasteiger partial charge in [-0.15, -0.1) is 0 Å². The molecule has 0 aromatic heterocycles. The van der Waals surface area contributed by atoms with E-state index < -0.39 is 24.1 Å². The van der Waals surface area contributed by atoms with Crippen molar-refractivity contribution in [3.63, 3.8) is 0 Å². The lowest BCUT2D eigenvalue weighted by Crippen LogP contribution is -2.41. The zero-order valence-corrected chi connectivity index (χ0v) is 15.0. The van der Waals surface area contributed by atoms with Crippen molar-refractivity contribution in [3.8, 4) is 0 Å². The van der Waals surface area contributed by atoms with Crippen LogP contribution in [0.4, 0.5) is 4.39 Å². The summed E-state index contributed by atoms with van der Waals surface area (Å²) in [4.78, 5) is 12.3. The molecule has 6 heteroatoms. The quantitative estimate of drug-likeness (QED) is 0.866. The van der Waals surface area contributed by atoms with Crippen LogP contribution in [0.1, 0.15) is 62.9 Å². The average Bonchev–Trinajstić information content (AvgIpc) is 2.62. The number of hydrogen-bond donors (Lipinski definition) is 1. The molecule has 0 spiro atoms. The molecule has 0 radical (unpaired) electrons. The number of carbonyl (C=O) groups excluding carboxylic acids is 1. The Kier molecular flexibility index (Phi) is 4.25. The summed E-state index contributed by atoms with van der Waals surface area (Å²) in [5.74, 6) is -0.869. The first-order valence-electron chi connectivity index (χ1n) is 8.57. The summed E-state index contributed by atoms with van der Waals surface area (Å²) in [5, 5.41) is 2.89. The van der Waals surface area contributed by atoms with Crippen LogP contribution in [0.25, 0.3) is 0 Å². The fourth-order valence-electron chi connectivity index (χ4n) is 2.98. The first-order chi connectivity index (χ1) is 11.1. The molecule has 0 bridgehead atoms. The topological polar surface area (TPSA) is 47.6 Å².